The Morgan fingerprint density at radius 2 is 0.944 bits per heavy atom. The minimum absolute atomic E-state index is 0.827. The van der Waals surface area contributed by atoms with Gasteiger partial charge in [-0.2, -0.15) is 0 Å². The van der Waals surface area contributed by atoms with Gasteiger partial charge in [0.25, 0.3) is 0 Å². The molecular formula is C67H41N5. The third kappa shape index (κ3) is 5.35. The number of imidazole rings is 2. The van der Waals surface area contributed by atoms with Crippen LogP contribution in [0.2, 0.25) is 0 Å². The molecule has 2 aliphatic carbocycles. The number of para-hydroxylation sites is 6. The molecule has 0 atom stereocenters. The van der Waals surface area contributed by atoms with E-state index in [1.807, 2.05) is 0 Å². The zero-order chi connectivity index (χ0) is 47.0. The van der Waals surface area contributed by atoms with E-state index in [2.05, 4.69) is 255 Å². The van der Waals surface area contributed by atoms with Gasteiger partial charge in [0.05, 0.1) is 55.6 Å². The van der Waals surface area contributed by atoms with Crippen LogP contribution in [0.15, 0.2) is 218 Å². The maximum absolute atomic E-state index is 5.64. The molecule has 5 nitrogen and oxygen atoms in total. The summed E-state index contributed by atoms with van der Waals surface area (Å²) >= 11 is 0. The fourth-order valence-corrected chi connectivity index (χ4v) is 12.5. The molecule has 334 valence electrons. The maximum atomic E-state index is 5.64. The standard InChI is InChI=1S/C67H41N5/c1-2-20-44-43(19-1)45-21-3-4-23-47(45)54-38-39-55(52-28-11-17-35-61(52)70-59-33-15-9-26-50(59)51-27-10-16-34-60(51)70)66(65(54)53-29-6-5-22-46(44)53)72-63-40-37-42(41-64(63)71-62-36-18-12-30-56(62)68-67(71)72)69-57-31-13-7-24-48(57)49-25-8-14-32-58(49)69/h1-15,17-33,35-37,40-41H,16,34H2. The van der Waals surface area contributed by atoms with Crippen LogP contribution in [-0.2, 0) is 6.42 Å². The highest BCUT2D eigenvalue weighted by atomic mass is 15.2. The summed E-state index contributed by atoms with van der Waals surface area (Å²) in [5.74, 6) is 0.827. The smallest absolute Gasteiger partial charge is 0.220 e. The van der Waals surface area contributed by atoms with E-state index < -0.39 is 0 Å². The highest BCUT2D eigenvalue weighted by Crippen LogP contribution is 2.52. The summed E-state index contributed by atoms with van der Waals surface area (Å²) in [7, 11) is 0. The van der Waals surface area contributed by atoms with Gasteiger partial charge >= 0.3 is 0 Å². The van der Waals surface area contributed by atoms with Gasteiger partial charge in [-0.25, -0.2) is 4.98 Å². The number of rotatable bonds is 4. The first-order valence-electron chi connectivity index (χ1n) is 24.9. The van der Waals surface area contributed by atoms with Gasteiger partial charge in [0.15, 0.2) is 0 Å². The lowest BCUT2D eigenvalue weighted by Crippen LogP contribution is -2.08. The number of nitrogens with zero attached hydrogens (tertiary/aromatic N) is 5. The van der Waals surface area contributed by atoms with Crippen LogP contribution >= 0.6 is 0 Å². The molecule has 5 heteroatoms. The van der Waals surface area contributed by atoms with Crippen LogP contribution < -0.4 is 0 Å². The summed E-state index contributed by atoms with van der Waals surface area (Å²) in [4.78, 5) is 5.64. The van der Waals surface area contributed by atoms with Crippen molar-refractivity contribution in [2.45, 2.75) is 12.8 Å². The Balaban J connectivity index is 1.09. The van der Waals surface area contributed by atoms with Crippen molar-refractivity contribution in [3.05, 3.63) is 242 Å². The molecular weight excluding hydrogens is 875 g/mol. The Kier molecular flexibility index (Phi) is 8.14. The lowest BCUT2D eigenvalue weighted by molar-refractivity contribution is 0.889. The summed E-state index contributed by atoms with van der Waals surface area (Å²) in [6.45, 7) is 0. The summed E-state index contributed by atoms with van der Waals surface area (Å²) in [6, 6.07) is 85.4. The van der Waals surface area contributed by atoms with Gasteiger partial charge in [0.2, 0.25) is 5.78 Å². The van der Waals surface area contributed by atoms with Crippen molar-refractivity contribution in [2.75, 3.05) is 0 Å². The third-order valence-electron chi connectivity index (χ3n) is 15.4. The molecule has 0 aliphatic heterocycles. The number of aromatic nitrogens is 5. The van der Waals surface area contributed by atoms with Gasteiger partial charge in [-0.15, -0.1) is 0 Å². The molecule has 0 N–H and O–H groups in total. The number of fused-ring (bicyclic) bond motifs is 19. The van der Waals surface area contributed by atoms with E-state index in [1.54, 1.807) is 0 Å². The van der Waals surface area contributed by atoms with Crippen LogP contribution in [0.4, 0.5) is 0 Å². The largest absolute Gasteiger partial charge is 0.312 e. The normalized spacial score (nSPS) is 12.7. The van der Waals surface area contributed by atoms with E-state index >= 15 is 0 Å². The molecule has 10 aromatic carbocycles. The molecule has 0 unspecified atom stereocenters. The maximum Gasteiger partial charge on any atom is 0.220 e. The summed E-state index contributed by atoms with van der Waals surface area (Å²) in [5, 5.41) is 3.73. The predicted molar refractivity (Wildman–Crippen MR) is 296 cm³/mol. The molecule has 72 heavy (non-hydrogen) atoms. The first kappa shape index (κ1) is 39.2. The molecule has 4 heterocycles. The molecule has 0 saturated heterocycles. The fraction of sp³-hybridized carbons (Fsp3) is 0.0299. The minimum Gasteiger partial charge on any atom is -0.312 e. The summed E-state index contributed by atoms with van der Waals surface area (Å²) in [6.07, 6.45) is 6.58. The van der Waals surface area contributed by atoms with E-state index in [1.165, 1.54) is 55.1 Å². The fourth-order valence-electron chi connectivity index (χ4n) is 12.5. The van der Waals surface area contributed by atoms with Gasteiger partial charge in [-0.3, -0.25) is 8.97 Å². The van der Waals surface area contributed by atoms with Crippen molar-refractivity contribution in [3.63, 3.8) is 0 Å². The Morgan fingerprint density at radius 3 is 1.67 bits per heavy atom. The van der Waals surface area contributed by atoms with Crippen molar-refractivity contribution in [2.24, 2.45) is 0 Å². The molecule has 14 aromatic rings. The Hall–Kier alpha value is -9.63. The second-order valence-corrected chi connectivity index (χ2v) is 19.1. The van der Waals surface area contributed by atoms with Crippen LogP contribution in [0, 0.1) is 12.1 Å². The monoisotopic (exact) mass is 915 g/mol. The van der Waals surface area contributed by atoms with Crippen LogP contribution in [0.1, 0.15) is 17.7 Å². The van der Waals surface area contributed by atoms with Gasteiger partial charge in [-0.1, -0.05) is 182 Å². The molecule has 0 radical (unpaired) electrons. The summed E-state index contributed by atoms with van der Waals surface area (Å²) in [5.41, 5.74) is 24.5. The number of benzene rings is 9. The molecule has 2 aliphatic rings. The first-order chi connectivity index (χ1) is 35.8. The van der Waals surface area contributed by atoms with Crippen molar-refractivity contribution in [3.8, 4) is 72.7 Å². The van der Waals surface area contributed by atoms with Gasteiger partial charge < -0.3 is 9.13 Å². The van der Waals surface area contributed by atoms with Crippen molar-refractivity contribution in [1.82, 2.24) is 23.1 Å². The third-order valence-corrected chi connectivity index (χ3v) is 15.4. The number of allylic oxidation sites excluding steroid dienone is 1. The lowest BCUT2D eigenvalue weighted by Gasteiger charge is -2.26. The SMILES string of the molecule is c1c2c(c(-n3c4ccc(-n5c6ccccc6c6ccccc65)cc4n4c5ccccc5nc34)c(-c3ccccc3-n3c4c(c5ccccc53)C=CCC4)c#1)-c1ccccc1-c1ccccc1-c1ccccc1-2. The second kappa shape index (κ2) is 14.9. The lowest BCUT2D eigenvalue weighted by atomic mass is 9.80. The van der Waals surface area contributed by atoms with Crippen molar-refractivity contribution >= 4 is 66.6 Å². The molecule has 0 spiro atoms. The van der Waals surface area contributed by atoms with E-state index in [4.69, 9.17) is 4.98 Å². The van der Waals surface area contributed by atoms with Gasteiger partial charge in [-0.05, 0) is 101 Å². The molecule has 4 aromatic heterocycles. The van der Waals surface area contributed by atoms with Crippen LogP contribution in [-0.4, -0.2) is 23.1 Å². The topological polar surface area (TPSA) is 32.1 Å². The van der Waals surface area contributed by atoms with Crippen molar-refractivity contribution in [1.29, 1.82) is 0 Å². The van der Waals surface area contributed by atoms with E-state index in [0.29, 0.717) is 0 Å². The average molecular weight is 916 g/mol. The number of hydrogen-bond acceptors (Lipinski definition) is 1. The summed E-state index contributed by atoms with van der Waals surface area (Å²) < 4.78 is 9.75. The van der Waals surface area contributed by atoms with E-state index in [0.717, 1.165) is 102 Å². The highest BCUT2D eigenvalue weighted by molar-refractivity contribution is 6.11. The van der Waals surface area contributed by atoms with E-state index in [9.17, 15) is 0 Å². The molecule has 0 saturated carbocycles. The Labute approximate surface area is 415 Å². The van der Waals surface area contributed by atoms with Crippen LogP contribution in [0.3, 0.4) is 0 Å². The first-order valence-corrected chi connectivity index (χ1v) is 24.9. The quantitative estimate of drug-likeness (QED) is 0.173. The zero-order valence-corrected chi connectivity index (χ0v) is 39.0. The van der Waals surface area contributed by atoms with Gasteiger partial charge in [0.1, 0.15) is 0 Å². The number of hydrogen-bond donors (Lipinski definition) is 0. The Bertz CT molecular complexity index is 4580. The molecule has 16 rings (SSSR count). The molecule has 0 amide bonds. The van der Waals surface area contributed by atoms with E-state index in [-0.39, 0.29) is 0 Å². The van der Waals surface area contributed by atoms with Crippen LogP contribution in [0.5, 0.6) is 0 Å². The van der Waals surface area contributed by atoms with Crippen LogP contribution in [0.25, 0.3) is 139 Å². The molecule has 0 bridgehead atoms. The zero-order valence-electron chi connectivity index (χ0n) is 39.0. The van der Waals surface area contributed by atoms with Crippen molar-refractivity contribution < 1.29 is 0 Å². The highest BCUT2D eigenvalue weighted by Gasteiger charge is 2.31. The van der Waals surface area contributed by atoms with Gasteiger partial charge in [0, 0.05) is 49.8 Å². The Morgan fingerprint density at radius 1 is 0.403 bits per heavy atom. The second-order valence-electron chi connectivity index (χ2n) is 19.1. The predicted octanol–water partition coefficient (Wildman–Crippen LogP) is 16.7. The average Bonchev–Trinajstić information content (AvgIpc) is 4.18. The molecule has 0 fully saturated rings. The minimum atomic E-state index is 0.827.